The summed E-state index contributed by atoms with van der Waals surface area (Å²) < 4.78 is 0. The molecule has 114 valence electrons. The maximum Gasteiger partial charge on any atom is 0.225 e. The number of carbonyl (C=O) groups is 1. The van der Waals surface area contributed by atoms with Crippen LogP contribution in [-0.4, -0.2) is 34.0 Å². The Morgan fingerprint density at radius 1 is 1.19 bits per heavy atom. The molecule has 1 saturated heterocycles. The predicted octanol–water partition coefficient (Wildman–Crippen LogP) is 2.47. The smallest absolute Gasteiger partial charge is 0.225 e. The van der Waals surface area contributed by atoms with Gasteiger partial charge in [0.2, 0.25) is 5.91 Å². The molecule has 2 aliphatic rings. The third kappa shape index (κ3) is 3.10. The van der Waals surface area contributed by atoms with Gasteiger partial charge in [0.25, 0.3) is 0 Å². The van der Waals surface area contributed by atoms with Crippen LogP contribution in [0.2, 0.25) is 0 Å². The number of pyridine rings is 1. The lowest BCUT2D eigenvalue weighted by atomic mass is 9.85. The van der Waals surface area contributed by atoms with Crippen LogP contribution in [0.1, 0.15) is 50.6 Å². The van der Waals surface area contributed by atoms with Gasteiger partial charge in [-0.25, -0.2) is 0 Å². The van der Waals surface area contributed by atoms with Crippen molar-refractivity contribution >= 4 is 5.91 Å². The zero-order valence-corrected chi connectivity index (χ0v) is 12.5. The second kappa shape index (κ2) is 6.14. The summed E-state index contributed by atoms with van der Waals surface area (Å²) in [6, 6.07) is 5.63. The highest BCUT2D eigenvalue weighted by atomic mass is 16.3. The van der Waals surface area contributed by atoms with Crippen molar-refractivity contribution < 1.29 is 9.90 Å². The van der Waals surface area contributed by atoms with E-state index in [4.69, 9.17) is 0 Å². The molecule has 0 radical (unpaired) electrons. The van der Waals surface area contributed by atoms with Crippen molar-refractivity contribution in [1.82, 2.24) is 9.88 Å². The molecule has 3 rings (SSSR count). The first kappa shape index (κ1) is 14.5. The molecule has 1 aliphatic carbocycles. The number of amides is 1. The minimum Gasteiger partial charge on any atom is -0.383 e. The van der Waals surface area contributed by atoms with Crippen LogP contribution in [0, 0.1) is 5.92 Å². The number of nitrogens with zero attached hydrogens (tertiary/aromatic N) is 2. The van der Waals surface area contributed by atoms with E-state index in [2.05, 4.69) is 4.98 Å². The SMILES string of the molecule is O=C(C1CCCCC1)N1CCC(O)(c2ccccn2)CC1. The highest BCUT2D eigenvalue weighted by molar-refractivity contribution is 5.79. The minimum absolute atomic E-state index is 0.222. The molecule has 2 heterocycles. The zero-order chi connectivity index (χ0) is 14.7. The van der Waals surface area contributed by atoms with Gasteiger partial charge in [-0.1, -0.05) is 25.3 Å². The van der Waals surface area contributed by atoms with Crippen LogP contribution >= 0.6 is 0 Å². The van der Waals surface area contributed by atoms with E-state index in [-0.39, 0.29) is 5.92 Å². The number of piperidine rings is 1. The Bertz CT molecular complexity index is 475. The third-order valence-corrected chi connectivity index (χ3v) is 5.00. The van der Waals surface area contributed by atoms with Crippen LogP contribution in [0.15, 0.2) is 24.4 Å². The Morgan fingerprint density at radius 3 is 2.52 bits per heavy atom. The lowest BCUT2D eigenvalue weighted by Gasteiger charge is -2.39. The van der Waals surface area contributed by atoms with Crippen molar-refractivity contribution in [2.75, 3.05) is 13.1 Å². The number of hydrogen-bond acceptors (Lipinski definition) is 3. The zero-order valence-electron chi connectivity index (χ0n) is 12.5. The summed E-state index contributed by atoms with van der Waals surface area (Å²) >= 11 is 0. The molecular formula is C17H24N2O2. The second-order valence-electron chi connectivity index (χ2n) is 6.41. The third-order valence-electron chi connectivity index (χ3n) is 5.00. The summed E-state index contributed by atoms with van der Waals surface area (Å²) in [7, 11) is 0. The van der Waals surface area contributed by atoms with Crippen LogP contribution < -0.4 is 0 Å². The molecule has 4 heteroatoms. The Hall–Kier alpha value is -1.42. The van der Waals surface area contributed by atoms with E-state index in [0.29, 0.717) is 31.8 Å². The summed E-state index contributed by atoms with van der Waals surface area (Å²) in [6.45, 7) is 1.28. The maximum absolute atomic E-state index is 12.5. The average Bonchev–Trinajstić information content (AvgIpc) is 2.57. The number of rotatable bonds is 2. The monoisotopic (exact) mass is 288 g/mol. The van der Waals surface area contributed by atoms with Crippen LogP contribution in [0.3, 0.4) is 0 Å². The largest absolute Gasteiger partial charge is 0.383 e. The molecule has 0 bridgehead atoms. The van der Waals surface area contributed by atoms with Crippen molar-refractivity contribution in [3.05, 3.63) is 30.1 Å². The van der Waals surface area contributed by atoms with Gasteiger partial charge in [-0.15, -0.1) is 0 Å². The molecule has 21 heavy (non-hydrogen) atoms. The molecule has 0 spiro atoms. The Balaban J connectivity index is 1.61. The van der Waals surface area contributed by atoms with Crippen molar-refractivity contribution in [2.24, 2.45) is 5.92 Å². The highest BCUT2D eigenvalue weighted by Gasteiger charge is 2.37. The first-order valence-corrected chi connectivity index (χ1v) is 8.12. The van der Waals surface area contributed by atoms with Crippen LogP contribution in [0.5, 0.6) is 0 Å². The van der Waals surface area contributed by atoms with Gasteiger partial charge in [0.1, 0.15) is 5.60 Å². The summed E-state index contributed by atoms with van der Waals surface area (Å²) in [5, 5.41) is 10.8. The van der Waals surface area contributed by atoms with E-state index >= 15 is 0 Å². The van der Waals surface area contributed by atoms with Gasteiger partial charge in [-0.05, 0) is 37.8 Å². The summed E-state index contributed by atoms with van der Waals surface area (Å²) in [5.41, 5.74) is -0.139. The van der Waals surface area contributed by atoms with Crippen molar-refractivity contribution in [2.45, 2.75) is 50.5 Å². The van der Waals surface area contributed by atoms with Crippen LogP contribution in [0.25, 0.3) is 0 Å². The van der Waals surface area contributed by atoms with E-state index in [1.54, 1.807) is 6.20 Å². The molecule has 1 aromatic heterocycles. The number of aromatic nitrogens is 1. The van der Waals surface area contributed by atoms with Gasteiger partial charge in [0.15, 0.2) is 0 Å². The number of likely N-dealkylation sites (tertiary alicyclic amines) is 1. The van der Waals surface area contributed by atoms with E-state index < -0.39 is 5.60 Å². The van der Waals surface area contributed by atoms with E-state index in [0.717, 1.165) is 18.5 Å². The Kier molecular flexibility index (Phi) is 4.24. The Labute approximate surface area is 126 Å². The number of carbonyl (C=O) groups excluding carboxylic acids is 1. The fourth-order valence-electron chi connectivity index (χ4n) is 3.60. The van der Waals surface area contributed by atoms with Gasteiger partial charge >= 0.3 is 0 Å². The lowest BCUT2D eigenvalue weighted by molar-refractivity contribution is -0.141. The molecule has 1 saturated carbocycles. The molecule has 0 atom stereocenters. The molecule has 1 amide bonds. The molecule has 4 nitrogen and oxygen atoms in total. The summed E-state index contributed by atoms with van der Waals surface area (Å²) in [5.74, 6) is 0.526. The van der Waals surface area contributed by atoms with Crippen molar-refractivity contribution in [3.8, 4) is 0 Å². The molecule has 2 fully saturated rings. The van der Waals surface area contributed by atoms with E-state index in [1.807, 2.05) is 23.1 Å². The van der Waals surface area contributed by atoms with Crippen LogP contribution in [0.4, 0.5) is 0 Å². The average molecular weight is 288 g/mol. The summed E-state index contributed by atoms with van der Waals surface area (Å²) in [6.07, 6.45) is 8.60. The summed E-state index contributed by atoms with van der Waals surface area (Å²) in [4.78, 5) is 18.8. The fraction of sp³-hybridized carbons (Fsp3) is 0.647. The number of aliphatic hydroxyl groups is 1. The molecule has 1 N–H and O–H groups in total. The minimum atomic E-state index is -0.870. The predicted molar refractivity (Wildman–Crippen MR) is 80.5 cm³/mol. The van der Waals surface area contributed by atoms with Gasteiger partial charge in [0, 0.05) is 25.2 Å². The van der Waals surface area contributed by atoms with E-state index in [9.17, 15) is 9.90 Å². The van der Waals surface area contributed by atoms with Crippen molar-refractivity contribution in [1.29, 1.82) is 0 Å². The van der Waals surface area contributed by atoms with Crippen molar-refractivity contribution in [3.63, 3.8) is 0 Å². The molecular weight excluding hydrogens is 264 g/mol. The molecule has 1 aliphatic heterocycles. The first-order valence-electron chi connectivity index (χ1n) is 8.12. The normalized spacial score (nSPS) is 23.0. The fourth-order valence-corrected chi connectivity index (χ4v) is 3.60. The molecule has 0 unspecified atom stereocenters. The highest BCUT2D eigenvalue weighted by Crippen LogP contribution is 2.33. The quantitative estimate of drug-likeness (QED) is 0.909. The molecule has 0 aromatic carbocycles. The standard InChI is InChI=1S/C17H24N2O2/c20-16(14-6-2-1-3-7-14)19-12-9-17(21,10-13-19)15-8-4-5-11-18-15/h4-5,8,11,14,21H,1-3,6-7,9-10,12-13H2. The second-order valence-corrected chi connectivity index (χ2v) is 6.41. The van der Waals surface area contributed by atoms with Gasteiger partial charge in [0.05, 0.1) is 5.69 Å². The van der Waals surface area contributed by atoms with Gasteiger partial charge in [-0.2, -0.15) is 0 Å². The van der Waals surface area contributed by atoms with Gasteiger partial charge in [-0.3, -0.25) is 9.78 Å². The first-order chi connectivity index (χ1) is 10.2. The van der Waals surface area contributed by atoms with E-state index in [1.165, 1.54) is 19.3 Å². The maximum atomic E-state index is 12.5. The Morgan fingerprint density at radius 2 is 1.90 bits per heavy atom. The topological polar surface area (TPSA) is 53.4 Å². The van der Waals surface area contributed by atoms with Gasteiger partial charge < -0.3 is 10.0 Å². The number of hydrogen-bond donors (Lipinski definition) is 1. The van der Waals surface area contributed by atoms with Crippen LogP contribution in [-0.2, 0) is 10.4 Å². The molecule has 1 aromatic rings. The lowest BCUT2D eigenvalue weighted by Crippen LogP contribution is -2.47.